The first kappa shape index (κ1) is 20.7. The van der Waals surface area contributed by atoms with Crippen LogP contribution in [0.2, 0.25) is 10.2 Å². The van der Waals surface area contributed by atoms with Crippen LogP contribution in [-0.2, 0) is 6.61 Å². The van der Waals surface area contributed by atoms with Crippen molar-refractivity contribution in [1.29, 1.82) is 0 Å². The minimum Gasteiger partial charge on any atom is -0.471 e. The second-order valence-electron chi connectivity index (χ2n) is 4.91. The Morgan fingerprint density at radius 2 is 1.81 bits per heavy atom. The zero-order valence-corrected chi connectivity index (χ0v) is 16.4. The summed E-state index contributed by atoms with van der Waals surface area (Å²) in [6.07, 6.45) is 0. The monoisotopic (exact) mass is 422 g/mol. The van der Waals surface area contributed by atoms with Crippen molar-refractivity contribution in [1.82, 2.24) is 8.96 Å². The fourth-order valence-corrected chi connectivity index (χ4v) is 3.10. The molecule has 3 aromatic rings. The maximum Gasteiger partial charge on any atom is 0.233 e. The smallest absolute Gasteiger partial charge is 0.233 e. The van der Waals surface area contributed by atoms with E-state index >= 15 is 0 Å². The standard InChI is InChI=1S/C15H9Cl2F3N2OS.C2H6/c1-7-13-12(22(24-20)14(7)17)5-9(16)15(21-13)23-6-8-10(18)3-2-4-11(8)19;1-2/h2-5H,6H2,1H3;1-2H3. The average Bonchev–Trinajstić information content (AvgIpc) is 2.86. The van der Waals surface area contributed by atoms with Gasteiger partial charge in [-0.1, -0.05) is 43.1 Å². The van der Waals surface area contributed by atoms with Crippen LogP contribution >= 0.6 is 35.5 Å². The molecule has 1 aromatic carbocycles. The number of rotatable bonds is 4. The molecule has 140 valence electrons. The van der Waals surface area contributed by atoms with E-state index in [1.807, 2.05) is 13.8 Å². The lowest BCUT2D eigenvalue weighted by atomic mass is 10.2. The number of aromatic nitrogens is 2. The molecule has 0 radical (unpaired) electrons. The number of halogens is 5. The molecule has 0 aliphatic carbocycles. The predicted molar refractivity (Wildman–Crippen MR) is 101 cm³/mol. The molecule has 0 amide bonds. The van der Waals surface area contributed by atoms with Crippen molar-refractivity contribution in [2.45, 2.75) is 27.4 Å². The van der Waals surface area contributed by atoms with Crippen molar-refractivity contribution in [3.8, 4) is 5.88 Å². The number of nitrogens with zero attached hydrogens (tertiary/aromatic N) is 2. The highest BCUT2D eigenvalue weighted by Gasteiger charge is 2.19. The number of hydrogen-bond acceptors (Lipinski definition) is 3. The summed E-state index contributed by atoms with van der Waals surface area (Å²) in [5, 5.41) is 0.238. The summed E-state index contributed by atoms with van der Waals surface area (Å²) in [5.41, 5.74) is 1.07. The normalized spacial score (nSPS) is 10.6. The zero-order chi connectivity index (χ0) is 19.4. The second kappa shape index (κ2) is 8.88. The third kappa shape index (κ3) is 3.89. The molecule has 3 rings (SSSR count). The number of benzene rings is 1. The number of pyridine rings is 1. The van der Waals surface area contributed by atoms with Crippen LogP contribution in [0, 0.1) is 18.6 Å². The van der Waals surface area contributed by atoms with Crippen molar-refractivity contribution >= 4 is 46.6 Å². The molecule has 3 nitrogen and oxygen atoms in total. The minimum absolute atomic E-state index is 0.0207. The molecule has 0 spiro atoms. The van der Waals surface area contributed by atoms with Crippen molar-refractivity contribution in [2.75, 3.05) is 0 Å². The van der Waals surface area contributed by atoms with Gasteiger partial charge in [0.2, 0.25) is 5.88 Å². The molecule has 0 N–H and O–H groups in total. The lowest BCUT2D eigenvalue weighted by Gasteiger charge is -2.09. The Kier molecular flexibility index (Phi) is 7.08. The molecule has 2 heterocycles. The van der Waals surface area contributed by atoms with Gasteiger partial charge in [0.15, 0.2) is 12.3 Å². The van der Waals surface area contributed by atoms with E-state index in [-0.39, 0.29) is 40.6 Å². The fourth-order valence-electron chi connectivity index (χ4n) is 2.23. The maximum atomic E-state index is 13.6. The Balaban J connectivity index is 0.00000117. The van der Waals surface area contributed by atoms with Gasteiger partial charge in [-0.3, -0.25) is 0 Å². The van der Waals surface area contributed by atoms with Crippen LogP contribution in [0.3, 0.4) is 0 Å². The van der Waals surface area contributed by atoms with Crippen molar-refractivity contribution in [3.05, 3.63) is 57.2 Å². The Morgan fingerprint density at radius 3 is 2.38 bits per heavy atom. The van der Waals surface area contributed by atoms with Crippen molar-refractivity contribution in [3.63, 3.8) is 0 Å². The van der Waals surface area contributed by atoms with Gasteiger partial charge in [-0.05, 0) is 25.1 Å². The van der Waals surface area contributed by atoms with Crippen LogP contribution in [0.1, 0.15) is 25.0 Å². The maximum absolute atomic E-state index is 13.6. The van der Waals surface area contributed by atoms with Gasteiger partial charge in [-0.25, -0.2) is 17.7 Å². The summed E-state index contributed by atoms with van der Waals surface area (Å²) in [4.78, 5) is 4.19. The Hall–Kier alpha value is -1.57. The average molecular weight is 423 g/mol. The van der Waals surface area contributed by atoms with Crippen molar-refractivity contribution in [2.24, 2.45) is 0 Å². The molecular weight excluding hydrogens is 408 g/mol. The molecule has 26 heavy (non-hydrogen) atoms. The molecule has 0 saturated carbocycles. The molecule has 0 atom stereocenters. The minimum atomic E-state index is -0.730. The largest absolute Gasteiger partial charge is 0.471 e. The Morgan fingerprint density at radius 1 is 1.19 bits per heavy atom. The fraction of sp³-hybridized carbons (Fsp3) is 0.235. The van der Waals surface area contributed by atoms with E-state index in [4.69, 9.17) is 27.9 Å². The number of ether oxygens (including phenoxy) is 1. The number of aryl methyl sites for hydroxylation is 1. The molecular formula is C17H15Cl2F3N2OS. The highest BCUT2D eigenvalue weighted by atomic mass is 35.5. The first-order valence-electron chi connectivity index (χ1n) is 7.65. The summed E-state index contributed by atoms with van der Waals surface area (Å²) >= 11 is 12.0. The molecule has 0 aliphatic rings. The van der Waals surface area contributed by atoms with E-state index in [0.29, 0.717) is 16.6 Å². The van der Waals surface area contributed by atoms with E-state index in [0.717, 1.165) is 16.1 Å². The highest BCUT2D eigenvalue weighted by molar-refractivity contribution is 7.93. The summed E-state index contributed by atoms with van der Waals surface area (Å²) in [7, 11) is 0. The van der Waals surface area contributed by atoms with E-state index in [1.54, 1.807) is 6.92 Å². The first-order chi connectivity index (χ1) is 12.4. The lowest BCUT2D eigenvalue weighted by Crippen LogP contribution is -2.03. The van der Waals surface area contributed by atoms with Crippen LogP contribution in [0.4, 0.5) is 12.7 Å². The predicted octanol–water partition coefficient (Wildman–Crippen LogP) is 6.92. The molecule has 2 aromatic heterocycles. The number of fused-ring (bicyclic) bond motifs is 1. The van der Waals surface area contributed by atoms with E-state index in [9.17, 15) is 12.7 Å². The van der Waals surface area contributed by atoms with Crippen LogP contribution in [0.5, 0.6) is 5.88 Å². The van der Waals surface area contributed by atoms with Gasteiger partial charge in [0.1, 0.15) is 28.4 Å². The van der Waals surface area contributed by atoms with Crippen LogP contribution < -0.4 is 4.74 Å². The molecule has 0 fully saturated rings. The Labute approximate surface area is 163 Å². The van der Waals surface area contributed by atoms with Gasteiger partial charge in [0.05, 0.1) is 16.6 Å². The summed E-state index contributed by atoms with van der Waals surface area (Å²) < 4.78 is 46.8. The molecule has 0 unspecified atom stereocenters. The summed E-state index contributed by atoms with van der Waals surface area (Å²) in [5.74, 6) is -1.48. The van der Waals surface area contributed by atoms with E-state index in [1.165, 1.54) is 12.1 Å². The summed E-state index contributed by atoms with van der Waals surface area (Å²) in [6, 6.07) is 4.95. The quantitative estimate of drug-likeness (QED) is 0.456. The lowest BCUT2D eigenvalue weighted by molar-refractivity contribution is 0.282. The molecule has 9 heteroatoms. The van der Waals surface area contributed by atoms with Gasteiger partial charge in [-0.15, -0.1) is 3.89 Å². The zero-order valence-electron chi connectivity index (χ0n) is 14.1. The first-order valence-corrected chi connectivity index (χ1v) is 9.08. The third-order valence-corrected chi connectivity index (χ3v) is 4.81. The van der Waals surface area contributed by atoms with Crippen LogP contribution in [0.15, 0.2) is 24.3 Å². The SMILES string of the molecule is CC.Cc1c(Cl)n(SF)c2cc(Cl)c(OCc3c(F)cccc3F)nc12. The van der Waals surface area contributed by atoms with Gasteiger partial charge in [0.25, 0.3) is 0 Å². The van der Waals surface area contributed by atoms with Gasteiger partial charge < -0.3 is 4.74 Å². The van der Waals surface area contributed by atoms with E-state index in [2.05, 4.69) is 4.98 Å². The summed E-state index contributed by atoms with van der Waals surface area (Å²) in [6.45, 7) is 5.28. The van der Waals surface area contributed by atoms with Crippen molar-refractivity contribution < 1.29 is 17.4 Å². The van der Waals surface area contributed by atoms with Crippen LogP contribution in [0.25, 0.3) is 11.0 Å². The molecule has 0 saturated heterocycles. The molecule has 0 bridgehead atoms. The highest BCUT2D eigenvalue weighted by Crippen LogP contribution is 2.36. The second-order valence-corrected chi connectivity index (χ2v) is 6.18. The van der Waals surface area contributed by atoms with Gasteiger partial charge >= 0.3 is 0 Å². The van der Waals surface area contributed by atoms with E-state index < -0.39 is 11.6 Å². The number of hydrogen-bond donors (Lipinski definition) is 0. The molecule has 0 aliphatic heterocycles. The van der Waals surface area contributed by atoms with Crippen LogP contribution in [-0.4, -0.2) is 8.96 Å². The Bertz CT molecular complexity index is 914. The van der Waals surface area contributed by atoms with Gasteiger partial charge in [0, 0.05) is 5.56 Å². The third-order valence-electron chi connectivity index (χ3n) is 3.47. The van der Waals surface area contributed by atoms with Gasteiger partial charge in [-0.2, -0.15) is 0 Å². The topological polar surface area (TPSA) is 27.1 Å².